The second kappa shape index (κ2) is 5.66. The van der Waals surface area contributed by atoms with Crippen molar-refractivity contribution in [2.45, 2.75) is 52.1 Å². The molecule has 1 aliphatic rings. The summed E-state index contributed by atoms with van der Waals surface area (Å²) in [5.41, 5.74) is -0.106. The number of rotatable bonds is 3. The van der Waals surface area contributed by atoms with Gasteiger partial charge in [-0.05, 0) is 31.7 Å². The summed E-state index contributed by atoms with van der Waals surface area (Å²) in [7, 11) is 0. The molecule has 102 valence electrons. The third kappa shape index (κ3) is 2.76. The van der Waals surface area contributed by atoms with E-state index in [9.17, 15) is 10.4 Å². The maximum absolute atomic E-state index is 10.6. The van der Waals surface area contributed by atoms with E-state index in [2.05, 4.69) is 23.0 Å². The standard InChI is InChI=1S/C15H21N3O/c1-3-12-5-4-7-15(9-12,10-16)14(19)13-6-8-17-11(2)18-13/h6,8,12,14,19H,3-5,7,9H2,1-2H3. The van der Waals surface area contributed by atoms with Crippen molar-refractivity contribution in [3.8, 4) is 6.07 Å². The van der Waals surface area contributed by atoms with Crippen molar-refractivity contribution in [2.24, 2.45) is 11.3 Å². The molecule has 3 atom stereocenters. The van der Waals surface area contributed by atoms with Gasteiger partial charge < -0.3 is 5.11 Å². The van der Waals surface area contributed by atoms with Crippen LogP contribution in [-0.2, 0) is 0 Å². The molecule has 1 saturated carbocycles. The minimum Gasteiger partial charge on any atom is -0.385 e. The van der Waals surface area contributed by atoms with E-state index >= 15 is 0 Å². The molecule has 1 fully saturated rings. The van der Waals surface area contributed by atoms with Gasteiger partial charge in [-0.2, -0.15) is 5.26 Å². The molecule has 1 aromatic heterocycles. The van der Waals surface area contributed by atoms with Gasteiger partial charge in [0, 0.05) is 6.20 Å². The second-order valence-corrected chi connectivity index (χ2v) is 5.57. The largest absolute Gasteiger partial charge is 0.385 e. The summed E-state index contributed by atoms with van der Waals surface area (Å²) in [4.78, 5) is 8.32. The molecule has 0 bridgehead atoms. The van der Waals surface area contributed by atoms with Crippen molar-refractivity contribution in [3.05, 3.63) is 23.8 Å². The smallest absolute Gasteiger partial charge is 0.125 e. The van der Waals surface area contributed by atoms with Gasteiger partial charge in [0.25, 0.3) is 0 Å². The summed E-state index contributed by atoms with van der Waals surface area (Å²) < 4.78 is 0. The fraction of sp³-hybridized carbons (Fsp3) is 0.667. The lowest BCUT2D eigenvalue weighted by molar-refractivity contribution is 0.0155. The van der Waals surface area contributed by atoms with Crippen LogP contribution in [0.25, 0.3) is 0 Å². The molecule has 0 aromatic carbocycles. The Kier molecular flexibility index (Phi) is 4.16. The molecule has 0 aliphatic heterocycles. The summed E-state index contributed by atoms with van der Waals surface area (Å²) >= 11 is 0. The monoisotopic (exact) mass is 259 g/mol. The summed E-state index contributed by atoms with van der Waals surface area (Å²) in [5.74, 6) is 1.17. The number of nitrogens with zero attached hydrogens (tertiary/aromatic N) is 3. The molecule has 1 aliphatic carbocycles. The zero-order valence-corrected chi connectivity index (χ0v) is 11.6. The molecule has 0 spiro atoms. The fourth-order valence-electron chi connectivity index (χ4n) is 3.09. The van der Waals surface area contributed by atoms with Gasteiger partial charge in [-0.1, -0.05) is 26.2 Å². The van der Waals surface area contributed by atoms with Crippen LogP contribution in [0.5, 0.6) is 0 Å². The predicted octanol–water partition coefficient (Wildman–Crippen LogP) is 2.93. The maximum atomic E-state index is 10.6. The Balaban J connectivity index is 2.28. The number of aliphatic hydroxyl groups is 1. The first kappa shape index (κ1) is 14.0. The van der Waals surface area contributed by atoms with E-state index in [4.69, 9.17) is 0 Å². The Hall–Kier alpha value is -1.47. The van der Waals surface area contributed by atoms with Crippen LogP contribution in [0.15, 0.2) is 12.3 Å². The van der Waals surface area contributed by atoms with Gasteiger partial charge in [-0.15, -0.1) is 0 Å². The average molecular weight is 259 g/mol. The van der Waals surface area contributed by atoms with E-state index < -0.39 is 11.5 Å². The number of aliphatic hydroxyl groups excluding tert-OH is 1. The van der Waals surface area contributed by atoms with Gasteiger partial charge in [0.05, 0.1) is 17.2 Å². The molecule has 0 radical (unpaired) electrons. The van der Waals surface area contributed by atoms with E-state index in [-0.39, 0.29) is 0 Å². The summed E-state index contributed by atoms with van der Waals surface area (Å²) in [5, 5.41) is 20.2. The van der Waals surface area contributed by atoms with Crippen LogP contribution in [0.3, 0.4) is 0 Å². The molecular formula is C15H21N3O. The van der Waals surface area contributed by atoms with Gasteiger partial charge in [-0.25, -0.2) is 9.97 Å². The highest BCUT2D eigenvalue weighted by Crippen LogP contribution is 2.47. The van der Waals surface area contributed by atoms with E-state index in [1.807, 2.05) is 0 Å². The zero-order valence-electron chi connectivity index (χ0n) is 11.6. The van der Waals surface area contributed by atoms with Crippen LogP contribution < -0.4 is 0 Å². The van der Waals surface area contributed by atoms with Crippen molar-refractivity contribution < 1.29 is 5.11 Å². The zero-order chi connectivity index (χ0) is 13.9. The highest BCUT2D eigenvalue weighted by Gasteiger charge is 2.43. The van der Waals surface area contributed by atoms with Gasteiger partial charge in [-0.3, -0.25) is 0 Å². The highest BCUT2D eigenvalue weighted by molar-refractivity contribution is 5.16. The predicted molar refractivity (Wildman–Crippen MR) is 72.0 cm³/mol. The van der Waals surface area contributed by atoms with Gasteiger partial charge in [0.2, 0.25) is 0 Å². The van der Waals surface area contributed by atoms with Crippen molar-refractivity contribution >= 4 is 0 Å². The molecule has 3 unspecified atom stereocenters. The Bertz CT molecular complexity index is 483. The van der Waals surface area contributed by atoms with Crippen LogP contribution >= 0.6 is 0 Å². The number of nitriles is 1. The Morgan fingerprint density at radius 3 is 3.05 bits per heavy atom. The third-order valence-electron chi connectivity index (χ3n) is 4.29. The van der Waals surface area contributed by atoms with Crippen LogP contribution in [0, 0.1) is 29.6 Å². The van der Waals surface area contributed by atoms with Crippen LogP contribution in [-0.4, -0.2) is 15.1 Å². The quantitative estimate of drug-likeness (QED) is 0.906. The second-order valence-electron chi connectivity index (χ2n) is 5.57. The molecule has 0 saturated heterocycles. The van der Waals surface area contributed by atoms with E-state index in [1.54, 1.807) is 19.2 Å². The molecule has 1 N–H and O–H groups in total. The van der Waals surface area contributed by atoms with Gasteiger partial charge in [0.1, 0.15) is 11.9 Å². The van der Waals surface area contributed by atoms with Gasteiger partial charge in [0.15, 0.2) is 0 Å². The minimum atomic E-state index is -0.812. The number of aromatic nitrogens is 2. The number of aryl methyl sites for hydroxylation is 1. The lowest BCUT2D eigenvalue weighted by Gasteiger charge is -2.38. The summed E-state index contributed by atoms with van der Waals surface area (Å²) in [6, 6.07) is 4.10. The van der Waals surface area contributed by atoms with Gasteiger partial charge >= 0.3 is 0 Å². The molecule has 4 nitrogen and oxygen atoms in total. The third-order valence-corrected chi connectivity index (χ3v) is 4.29. The Labute approximate surface area is 114 Å². The summed E-state index contributed by atoms with van der Waals surface area (Å²) in [6.07, 6.45) is 5.59. The van der Waals surface area contributed by atoms with E-state index in [0.717, 1.165) is 32.1 Å². The topological polar surface area (TPSA) is 69.8 Å². The first-order valence-electron chi connectivity index (χ1n) is 7.00. The molecule has 2 rings (SSSR count). The van der Waals surface area contributed by atoms with Crippen molar-refractivity contribution in [1.82, 2.24) is 9.97 Å². The van der Waals surface area contributed by atoms with Crippen molar-refractivity contribution in [1.29, 1.82) is 5.26 Å². The van der Waals surface area contributed by atoms with Crippen LogP contribution in [0.2, 0.25) is 0 Å². The van der Waals surface area contributed by atoms with E-state index in [1.165, 1.54) is 0 Å². The summed E-state index contributed by atoms with van der Waals surface area (Å²) in [6.45, 7) is 3.95. The van der Waals surface area contributed by atoms with Crippen LogP contribution in [0.4, 0.5) is 0 Å². The average Bonchev–Trinajstić information content (AvgIpc) is 2.46. The normalized spacial score (nSPS) is 28.6. The lowest BCUT2D eigenvalue weighted by Crippen LogP contribution is -2.34. The molecule has 1 heterocycles. The van der Waals surface area contributed by atoms with Crippen molar-refractivity contribution in [3.63, 3.8) is 0 Å². The van der Waals surface area contributed by atoms with Crippen molar-refractivity contribution in [2.75, 3.05) is 0 Å². The maximum Gasteiger partial charge on any atom is 0.125 e. The Morgan fingerprint density at radius 2 is 2.42 bits per heavy atom. The number of hydrogen-bond donors (Lipinski definition) is 1. The first-order valence-corrected chi connectivity index (χ1v) is 7.00. The molecule has 19 heavy (non-hydrogen) atoms. The molecule has 4 heteroatoms. The van der Waals surface area contributed by atoms with E-state index in [0.29, 0.717) is 17.4 Å². The van der Waals surface area contributed by atoms with Crippen LogP contribution in [0.1, 0.15) is 56.7 Å². The fourth-order valence-corrected chi connectivity index (χ4v) is 3.09. The SMILES string of the molecule is CCC1CCCC(C#N)(C(O)c2ccnc(C)n2)C1. The number of hydrogen-bond acceptors (Lipinski definition) is 4. The first-order chi connectivity index (χ1) is 9.11. The minimum absolute atomic E-state index is 0.533. The molecule has 1 aromatic rings. The lowest BCUT2D eigenvalue weighted by atomic mass is 9.66. The molecule has 0 amide bonds. The highest BCUT2D eigenvalue weighted by atomic mass is 16.3. The Morgan fingerprint density at radius 1 is 1.63 bits per heavy atom. The molecular weight excluding hydrogens is 238 g/mol.